The van der Waals surface area contributed by atoms with Gasteiger partial charge in [-0.15, -0.1) is 0 Å². The van der Waals surface area contributed by atoms with Crippen LogP contribution in [0.2, 0.25) is 0 Å². The van der Waals surface area contributed by atoms with Crippen LogP contribution in [-0.4, -0.2) is 49.3 Å². The largest absolute Gasteiger partial charge is 0.496 e. The van der Waals surface area contributed by atoms with Crippen molar-refractivity contribution in [1.29, 1.82) is 0 Å². The summed E-state index contributed by atoms with van der Waals surface area (Å²) in [6, 6.07) is 30.2. The van der Waals surface area contributed by atoms with Gasteiger partial charge in [0, 0.05) is 40.9 Å². The van der Waals surface area contributed by atoms with Gasteiger partial charge in [0.25, 0.3) is 5.91 Å². The molecule has 4 aromatic carbocycles. The van der Waals surface area contributed by atoms with Crippen LogP contribution in [0.25, 0.3) is 10.4 Å². The molecule has 0 bridgehead atoms. The second-order valence-electron chi connectivity index (χ2n) is 11.0. The van der Waals surface area contributed by atoms with Crippen molar-refractivity contribution in [2.24, 2.45) is 10.1 Å². The molecule has 1 heterocycles. The lowest BCUT2D eigenvalue weighted by Gasteiger charge is -2.32. The van der Waals surface area contributed by atoms with E-state index in [2.05, 4.69) is 31.3 Å². The number of nitrogens with zero attached hydrogens (tertiary/aromatic N) is 4. The smallest absolute Gasteiger partial charge is 0.252 e. The average molecular weight is 699 g/mol. The zero-order chi connectivity index (χ0) is 33.1. The molecule has 0 aromatic heterocycles. The van der Waals surface area contributed by atoms with E-state index in [4.69, 9.17) is 29.8 Å². The van der Waals surface area contributed by atoms with Gasteiger partial charge in [0.1, 0.15) is 11.5 Å². The third kappa shape index (κ3) is 7.94. The van der Waals surface area contributed by atoms with Gasteiger partial charge < -0.3 is 24.6 Å². The minimum absolute atomic E-state index is 0.0475. The predicted molar refractivity (Wildman–Crippen MR) is 184 cm³/mol. The van der Waals surface area contributed by atoms with Crippen molar-refractivity contribution < 1.29 is 24.1 Å². The van der Waals surface area contributed by atoms with Gasteiger partial charge in [-0.05, 0) is 70.6 Å². The molecule has 0 saturated carbocycles. The van der Waals surface area contributed by atoms with Crippen molar-refractivity contribution in [2.45, 2.75) is 37.5 Å². The Morgan fingerprint density at radius 1 is 1.02 bits per heavy atom. The van der Waals surface area contributed by atoms with Crippen LogP contribution < -0.4 is 14.8 Å². The first-order valence-corrected chi connectivity index (χ1v) is 16.1. The minimum Gasteiger partial charge on any atom is -0.496 e. The van der Waals surface area contributed by atoms with Crippen molar-refractivity contribution in [3.8, 4) is 11.5 Å². The number of benzene rings is 4. The molecule has 10 nitrogen and oxygen atoms in total. The Bertz CT molecular complexity index is 1760. The number of aliphatic imine (C=N–C) groups is 1. The molecule has 0 saturated heterocycles. The highest BCUT2D eigenvalue weighted by Crippen LogP contribution is 2.44. The molecule has 1 aliphatic rings. The summed E-state index contributed by atoms with van der Waals surface area (Å²) in [5, 5.41) is 16.1. The monoisotopic (exact) mass is 697 g/mol. The van der Waals surface area contributed by atoms with Crippen LogP contribution in [0, 0.1) is 0 Å². The van der Waals surface area contributed by atoms with Gasteiger partial charge in [-0.1, -0.05) is 81.7 Å². The van der Waals surface area contributed by atoms with Gasteiger partial charge in [-0.3, -0.25) is 4.79 Å². The second kappa shape index (κ2) is 16.1. The lowest BCUT2D eigenvalue weighted by atomic mass is 9.80. The predicted octanol–water partition coefficient (Wildman–Crippen LogP) is 6.89. The summed E-state index contributed by atoms with van der Waals surface area (Å²) in [5.41, 5.74) is 11.6. The average Bonchev–Trinajstić information content (AvgIpc) is 3.49. The third-order valence-corrected chi connectivity index (χ3v) is 8.74. The molecular formula is C36H36BrN5O5. The first-order valence-electron chi connectivity index (χ1n) is 15.3. The Morgan fingerprint density at radius 3 is 2.45 bits per heavy atom. The highest BCUT2D eigenvalue weighted by Gasteiger charge is 2.54. The summed E-state index contributed by atoms with van der Waals surface area (Å²) in [6.45, 7) is 0.865. The zero-order valence-electron chi connectivity index (χ0n) is 26.0. The molecule has 5 rings (SSSR count). The van der Waals surface area contributed by atoms with Gasteiger partial charge in [0.2, 0.25) is 5.90 Å². The number of para-hydroxylation sites is 1. The molecule has 4 aromatic rings. The number of ether oxygens (including phenoxy) is 3. The molecule has 242 valence electrons. The normalized spacial score (nSPS) is 16.8. The summed E-state index contributed by atoms with van der Waals surface area (Å²) >= 11 is 3.68. The molecule has 0 aliphatic carbocycles. The molecular weight excluding hydrogens is 662 g/mol. The first-order chi connectivity index (χ1) is 23.0. The number of halogens is 1. The van der Waals surface area contributed by atoms with Crippen LogP contribution in [0.1, 0.15) is 40.3 Å². The number of hydrogen-bond donors (Lipinski definition) is 2. The number of carbonyl (C=O) groups excluding carboxylic acids is 1. The number of aliphatic hydroxyl groups excluding tert-OH is 1. The summed E-state index contributed by atoms with van der Waals surface area (Å²) in [5.74, 6) is 1.40. The molecule has 11 heteroatoms. The Morgan fingerprint density at radius 2 is 1.72 bits per heavy atom. The van der Waals surface area contributed by atoms with Crippen LogP contribution in [0.4, 0.5) is 0 Å². The van der Waals surface area contributed by atoms with E-state index >= 15 is 0 Å². The first kappa shape index (κ1) is 33.5. The molecule has 0 spiro atoms. The zero-order valence-corrected chi connectivity index (χ0v) is 27.6. The lowest BCUT2D eigenvalue weighted by Crippen LogP contribution is -2.50. The number of aliphatic hydroxyl groups is 1. The van der Waals surface area contributed by atoms with E-state index in [1.807, 2.05) is 97.1 Å². The van der Waals surface area contributed by atoms with Crippen LogP contribution in [0.5, 0.6) is 11.5 Å². The summed E-state index contributed by atoms with van der Waals surface area (Å²) in [6.07, 6.45) is 0.453. The van der Waals surface area contributed by atoms with E-state index in [0.29, 0.717) is 48.8 Å². The van der Waals surface area contributed by atoms with Crippen LogP contribution in [-0.2, 0) is 28.9 Å². The fourth-order valence-corrected chi connectivity index (χ4v) is 6.03. The summed E-state index contributed by atoms with van der Waals surface area (Å²) in [4.78, 5) is 22.7. The molecule has 0 radical (unpaired) electrons. The lowest BCUT2D eigenvalue weighted by molar-refractivity contribution is -0.128. The highest BCUT2D eigenvalue weighted by atomic mass is 79.9. The van der Waals surface area contributed by atoms with E-state index < -0.39 is 11.6 Å². The summed E-state index contributed by atoms with van der Waals surface area (Å²) in [7, 11) is 1.63. The van der Waals surface area contributed by atoms with Crippen molar-refractivity contribution in [3.63, 3.8) is 0 Å². The van der Waals surface area contributed by atoms with Gasteiger partial charge in [-0.25, -0.2) is 4.99 Å². The number of hydrogen-bond acceptors (Lipinski definition) is 7. The van der Waals surface area contributed by atoms with Crippen molar-refractivity contribution in [1.82, 2.24) is 5.32 Å². The molecule has 2 atom stereocenters. The maximum Gasteiger partial charge on any atom is 0.252 e. The van der Waals surface area contributed by atoms with E-state index in [-0.39, 0.29) is 25.5 Å². The van der Waals surface area contributed by atoms with E-state index in [9.17, 15) is 4.79 Å². The second-order valence-corrected chi connectivity index (χ2v) is 11.8. The Kier molecular flexibility index (Phi) is 11.5. The van der Waals surface area contributed by atoms with Crippen LogP contribution in [0.15, 0.2) is 112 Å². The minimum atomic E-state index is -1.43. The van der Waals surface area contributed by atoms with E-state index in [1.165, 1.54) is 0 Å². The van der Waals surface area contributed by atoms with E-state index in [1.54, 1.807) is 7.11 Å². The number of methoxy groups -OCH3 is 1. The third-order valence-electron chi connectivity index (χ3n) is 7.96. The van der Waals surface area contributed by atoms with Crippen molar-refractivity contribution in [2.75, 3.05) is 26.9 Å². The topological polar surface area (TPSA) is 138 Å². The van der Waals surface area contributed by atoms with Gasteiger partial charge in [0.05, 0.1) is 20.3 Å². The maximum atomic E-state index is 14.6. The molecule has 1 aliphatic heterocycles. The number of amides is 1. The van der Waals surface area contributed by atoms with Crippen LogP contribution in [0.3, 0.4) is 0 Å². The number of rotatable bonds is 15. The molecule has 1 amide bonds. The number of nitrogens with one attached hydrogen (secondary N) is 1. The molecule has 47 heavy (non-hydrogen) atoms. The van der Waals surface area contributed by atoms with Gasteiger partial charge >= 0.3 is 0 Å². The van der Waals surface area contributed by atoms with Gasteiger partial charge in [-0.2, -0.15) is 0 Å². The van der Waals surface area contributed by atoms with Gasteiger partial charge in [0.15, 0.2) is 11.6 Å². The quantitative estimate of drug-likeness (QED) is 0.0603. The Labute approximate surface area is 282 Å². The maximum absolute atomic E-state index is 14.6. The molecule has 2 N–H and O–H groups in total. The molecule has 0 unspecified atom stereocenters. The van der Waals surface area contributed by atoms with Crippen molar-refractivity contribution in [3.05, 3.63) is 140 Å². The van der Waals surface area contributed by atoms with E-state index in [0.717, 1.165) is 26.9 Å². The van der Waals surface area contributed by atoms with Crippen molar-refractivity contribution >= 4 is 27.7 Å². The summed E-state index contributed by atoms with van der Waals surface area (Å²) < 4.78 is 18.8. The fourth-order valence-electron chi connectivity index (χ4n) is 5.61. The SMILES string of the molecule is COc1ccccc1CCNC(=O)[C@]1(Cc2ccccc2Br)N=C(c2ccc(OCCCO)cc2)O[C@@H]1c1ccccc1CN=[N+]=[N-]. The highest BCUT2D eigenvalue weighted by molar-refractivity contribution is 9.10. The Balaban J connectivity index is 1.57. The number of carbonyl (C=O) groups is 1. The van der Waals surface area contributed by atoms with Crippen LogP contribution >= 0.6 is 15.9 Å². The Hall–Kier alpha value is -4.83. The fraction of sp³-hybridized carbons (Fsp3) is 0.278. The molecule has 0 fully saturated rings. The standard InChI is InChI=1S/C36H36BrN5O5/c1-45-32-14-7-4-9-25(32)19-20-39-35(44)36(23-27-10-3-6-13-31(27)37)33(30-12-5-2-11-28(30)24-40-42-38)47-34(41-36)26-15-17-29(18-16-26)46-22-8-21-43/h2-7,9-18,33,43H,8,19-24H2,1H3,(H,39,44)/t33-,36-/m1/s1. The number of azide groups is 1.